The highest BCUT2D eigenvalue weighted by molar-refractivity contribution is 7.25. The molecule has 60 heavy (non-hydrogen) atoms. The lowest BCUT2D eigenvalue weighted by molar-refractivity contribution is 0.272. The molecule has 0 saturated heterocycles. The molecule has 2 heteroatoms. The SMILES string of the molecule is C1=CC2Oc3cc(-c4c5ccccc5c(-c5ccccc5)c5ccccc45)ccc3C2C(c2c3ccccc3c(-c3ccc4c(c3)sc3ccccc34)c3ccccc23)=C1. The minimum Gasteiger partial charge on any atom is -0.485 e. The minimum atomic E-state index is -0.100. The van der Waals surface area contributed by atoms with E-state index in [1.165, 1.54) is 113 Å². The molecule has 1 aliphatic carbocycles. The average Bonchev–Trinajstić information content (AvgIpc) is 3.88. The zero-order chi connectivity index (χ0) is 39.3. The Morgan fingerprint density at radius 2 is 0.833 bits per heavy atom. The first-order valence-electron chi connectivity index (χ1n) is 20.8. The Labute approximate surface area is 351 Å². The van der Waals surface area contributed by atoms with Crippen molar-refractivity contribution in [2.75, 3.05) is 0 Å². The molecule has 280 valence electrons. The van der Waals surface area contributed by atoms with E-state index >= 15 is 0 Å². The first kappa shape index (κ1) is 33.7. The third-order valence-electron chi connectivity index (χ3n) is 13.0. The summed E-state index contributed by atoms with van der Waals surface area (Å²) in [4.78, 5) is 0. The molecule has 1 aromatic heterocycles. The fourth-order valence-corrected chi connectivity index (χ4v) is 11.7. The van der Waals surface area contributed by atoms with Crippen molar-refractivity contribution in [2.45, 2.75) is 12.0 Å². The zero-order valence-corrected chi connectivity index (χ0v) is 33.4. The molecule has 0 saturated carbocycles. The monoisotopic (exact) mass is 780 g/mol. The Bertz CT molecular complexity index is 3530. The van der Waals surface area contributed by atoms with Crippen molar-refractivity contribution in [2.24, 2.45) is 0 Å². The molecule has 2 heterocycles. The molecule has 0 fully saturated rings. The Morgan fingerprint density at radius 1 is 0.367 bits per heavy atom. The lowest BCUT2D eigenvalue weighted by Gasteiger charge is -2.26. The summed E-state index contributed by atoms with van der Waals surface area (Å²) in [6, 6.07) is 69.4. The summed E-state index contributed by atoms with van der Waals surface area (Å²) >= 11 is 1.88. The van der Waals surface area contributed by atoms with Crippen molar-refractivity contribution in [3.63, 3.8) is 0 Å². The summed E-state index contributed by atoms with van der Waals surface area (Å²) in [5.41, 5.74) is 11.3. The van der Waals surface area contributed by atoms with Gasteiger partial charge in [-0.2, -0.15) is 0 Å². The van der Waals surface area contributed by atoms with Gasteiger partial charge in [-0.05, 0) is 112 Å². The fraction of sp³-hybridized carbons (Fsp3) is 0.0345. The van der Waals surface area contributed by atoms with E-state index in [9.17, 15) is 0 Å². The summed E-state index contributed by atoms with van der Waals surface area (Å²) in [6.07, 6.45) is 6.69. The fourth-order valence-electron chi connectivity index (χ4n) is 10.5. The smallest absolute Gasteiger partial charge is 0.128 e. The van der Waals surface area contributed by atoms with Gasteiger partial charge in [0.2, 0.25) is 0 Å². The second kappa shape index (κ2) is 13.1. The molecule has 0 radical (unpaired) electrons. The van der Waals surface area contributed by atoms with Gasteiger partial charge in [-0.1, -0.05) is 182 Å². The van der Waals surface area contributed by atoms with Crippen LogP contribution in [0, 0.1) is 0 Å². The highest BCUT2D eigenvalue weighted by atomic mass is 32.1. The summed E-state index contributed by atoms with van der Waals surface area (Å²) in [5, 5.41) is 12.7. The highest BCUT2D eigenvalue weighted by Gasteiger charge is 2.39. The Balaban J connectivity index is 0.980. The van der Waals surface area contributed by atoms with Gasteiger partial charge in [-0.3, -0.25) is 0 Å². The van der Waals surface area contributed by atoms with E-state index in [0.717, 1.165) is 5.75 Å². The molecule has 13 rings (SSSR count). The third kappa shape index (κ3) is 4.92. The van der Waals surface area contributed by atoms with Crippen LogP contribution in [0.1, 0.15) is 17.0 Å². The number of hydrogen-bond donors (Lipinski definition) is 0. The van der Waals surface area contributed by atoms with Crippen LogP contribution in [-0.2, 0) is 0 Å². The van der Waals surface area contributed by atoms with E-state index in [1.807, 2.05) is 11.3 Å². The molecule has 2 unspecified atom stereocenters. The second-order valence-electron chi connectivity index (χ2n) is 16.2. The summed E-state index contributed by atoms with van der Waals surface area (Å²) in [5.74, 6) is 1.02. The third-order valence-corrected chi connectivity index (χ3v) is 14.2. The lowest BCUT2D eigenvalue weighted by Crippen LogP contribution is -2.19. The van der Waals surface area contributed by atoms with E-state index in [4.69, 9.17) is 4.74 Å². The highest BCUT2D eigenvalue weighted by Crippen LogP contribution is 2.54. The molecule has 10 aromatic carbocycles. The predicted molar refractivity (Wildman–Crippen MR) is 256 cm³/mol. The molecule has 11 aromatic rings. The second-order valence-corrected chi connectivity index (χ2v) is 17.3. The quantitative estimate of drug-likeness (QED) is 0.162. The summed E-state index contributed by atoms with van der Waals surface area (Å²) in [7, 11) is 0. The van der Waals surface area contributed by atoms with Crippen LogP contribution in [0.4, 0.5) is 0 Å². The maximum absolute atomic E-state index is 7.00. The maximum Gasteiger partial charge on any atom is 0.128 e. The van der Waals surface area contributed by atoms with Crippen molar-refractivity contribution in [1.29, 1.82) is 0 Å². The van der Waals surface area contributed by atoms with Gasteiger partial charge >= 0.3 is 0 Å². The van der Waals surface area contributed by atoms with Crippen molar-refractivity contribution in [3.05, 3.63) is 217 Å². The molecular formula is C58H36OS. The van der Waals surface area contributed by atoms with E-state index in [2.05, 4.69) is 206 Å². The van der Waals surface area contributed by atoms with E-state index < -0.39 is 0 Å². The molecule has 0 spiro atoms. The molecule has 2 atom stereocenters. The van der Waals surface area contributed by atoms with Gasteiger partial charge in [-0.15, -0.1) is 11.3 Å². The summed E-state index contributed by atoms with van der Waals surface area (Å²) < 4.78 is 9.65. The average molecular weight is 781 g/mol. The molecule has 0 amide bonds. The number of fused-ring (bicyclic) bond motifs is 10. The molecular weight excluding hydrogens is 745 g/mol. The first-order chi connectivity index (χ1) is 29.8. The van der Waals surface area contributed by atoms with Crippen LogP contribution >= 0.6 is 11.3 Å². The number of thiophene rings is 1. The molecule has 1 nitrogen and oxygen atoms in total. The van der Waals surface area contributed by atoms with Gasteiger partial charge in [0, 0.05) is 25.7 Å². The van der Waals surface area contributed by atoms with Gasteiger partial charge in [0.15, 0.2) is 0 Å². The van der Waals surface area contributed by atoms with Gasteiger partial charge in [0.25, 0.3) is 0 Å². The van der Waals surface area contributed by atoms with Crippen LogP contribution in [0.15, 0.2) is 206 Å². The van der Waals surface area contributed by atoms with Crippen LogP contribution in [0.3, 0.4) is 0 Å². The van der Waals surface area contributed by atoms with E-state index in [-0.39, 0.29) is 12.0 Å². The Morgan fingerprint density at radius 3 is 1.43 bits per heavy atom. The van der Waals surface area contributed by atoms with Crippen LogP contribution in [0.5, 0.6) is 5.75 Å². The van der Waals surface area contributed by atoms with E-state index in [0.29, 0.717) is 0 Å². The Hall–Kier alpha value is -7.26. The lowest BCUT2D eigenvalue weighted by atomic mass is 9.77. The zero-order valence-electron chi connectivity index (χ0n) is 32.6. The topological polar surface area (TPSA) is 9.23 Å². The number of hydrogen-bond acceptors (Lipinski definition) is 2. The van der Waals surface area contributed by atoms with Crippen molar-refractivity contribution in [1.82, 2.24) is 0 Å². The maximum atomic E-state index is 7.00. The first-order valence-corrected chi connectivity index (χ1v) is 21.6. The van der Waals surface area contributed by atoms with Gasteiger partial charge in [0.05, 0.1) is 5.92 Å². The molecule has 0 bridgehead atoms. The number of allylic oxidation sites excluding steroid dienone is 2. The van der Waals surface area contributed by atoms with Crippen LogP contribution < -0.4 is 4.74 Å². The molecule has 0 N–H and O–H groups in total. The Kier molecular flexibility index (Phi) is 7.37. The predicted octanol–water partition coefficient (Wildman–Crippen LogP) is 16.2. The van der Waals surface area contributed by atoms with Gasteiger partial charge < -0.3 is 4.74 Å². The summed E-state index contributed by atoms with van der Waals surface area (Å²) in [6.45, 7) is 0. The van der Waals surface area contributed by atoms with Crippen molar-refractivity contribution in [3.8, 4) is 39.1 Å². The van der Waals surface area contributed by atoms with E-state index in [1.54, 1.807) is 0 Å². The minimum absolute atomic E-state index is 0.0561. The number of benzene rings is 10. The normalized spacial score (nSPS) is 15.8. The van der Waals surface area contributed by atoms with Crippen LogP contribution in [0.25, 0.3) is 102 Å². The number of ether oxygens (including phenoxy) is 1. The largest absolute Gasteiger partial charge is 0.485 e. The van der Waals surface area contributed by atoms with Crippen LogP contribution in [0.2, 0.25) is 0 Å². The number of rotatable bonds is 4. The standard InChI is InChI=1S/C58H36OS/c1-2-15-35(16-3-1)54-40-18-4-6-20-42(40)55(43-21-7-5-19-41(43)54)36-30-32-48-51(33-36)59-50-27-14-26-49(58(48)50)57-46-24-10-8-22-44(46)56(45-23-9-11-25-47(45)57)37-29-31-39-38-17-12-13-28-52(38)60-53(39)34-37/h1-34,50,58H. The molecule has 1 aliphatic heterocycles. The van der Waals surface area contributed by atoms with Crippen molar-refractivity contribution >= 4 is 80.2 Å². The van der Waals surface area contributed by atoms with Crippen LogP contribution in [-0.4, -0.2) is 6.10 Å². The molecule has 2 aliphatic rings. The van der Waals surface area contributed by atoms with Crippen molar-refractivity contribution < 1.29 is 4.74 Å². The van der Waals surface area contributed by atoms with Gasteiger partial charge in [0.1, 0.15) is 11.9 Å². The van der Waals surface area contributed by atoms with Gasteiger partial charge in [-0.25, -0.2) is 0 Å².